The lowest BCUT2D eigenvalue weighted by Gasteiger charge is -2.10. The molecule has 7 nitrogen and oxygen atoms in total. The number of methoxy groups -OCH3 is 1. The third kappa shape index (κ3) is 3.22. The molecule has 0 aliphatic carbocycles. The Morgan fingerprint density at radius 3 is 2.64 bits per heavy atom. The first-order valence-electron chi connectivity index (χ1n) is 8.94. The van der Waals surface area contributed by atoms with E-state index in [9.17, 15) is 4.79 Å². The third-order valence-corrected chi connectivity index (χ3v) is 4.42. The van der Waals surface area contributed by atoms with Crippen LogP contribution < -0.4 is 10.1 Å². The molecular weight excluding hydrogens is 356 g/mol. The highest BCUT2D eigenvalue weighted by atomic mass is 16.5. The molecule has 1 aromatic carbocycles. The van der Waals surface area contributed by atoms with Crippen molar-refractivity contribution in [3.8, 4) is 17.2 Å². The summed E-state index contributed by atoms with van der Waals surface area (Å²) in [6.45, 7) is 4.04. The predicted molar refractivity (Wildman–Crippen MR) is 107 cm³/mol. The summed E-state index contributed by atoms with van der Waals surface area (Å²) in [6, 6.07) is 12.6. The minimum Gasteiger partial charge on any atom is -0.497 e. The van der Waals surface area contributed by atoms with E-state index in [0.29, 0.717) is 33.7 Å². The molecule has 28 heavy (non-hydrogen) atoms. The van der Waals surface area contributed by atoms with Gasteiger partial charge in [-0.05, 0) is 56.3 Å². The molecule has 0 aliphatic rings. The molecule has 0 saturated carbocycles. The molecule has 1 N–H and O–H groups in total. The van der Waals surface area contributed by atoms with Crippen molar-refractivity contribution in [3.63, 3.8) is 0 Å². The molecule has 0 bridgehead atoms. The van der Waals surface area contributed by atoms with Gasteiger partial charge in [0.2, 0.25) is 0 Å². The average molecular weight is 376 g/mol. The summed E-state index contributed by atoms with van der Waals surface area (Å²) >= 11 is 0. The summed E-state index contributed by atoms with van der Waals surface area (Å²) in [5, 5.41) is 8.03. The van der Waals surface area contributed by atoms with Gasteiger partial charge in [0.05, 0.1) is 30.5 Å². The Balaban J connectivity index is 1.78. The number of furan rings is 1. The number of rotatable bonds is 5. The zero-order valence-corrected chi connectivity index (χ0v) is 15.8. The molecule has 1 amide bonds. The van der Waals surface area contributed by atoms with Crippen LogP contribution in [0.1, 0.15) is 30.2 Å². The number of ether oxygens (including phenoxy) is 1. The van der Waals surface area contributed by atoms with Gasteiger partial charge in [-0.3, -0.25) is 4.79 Å². The molecule has 0 unspecified atom stereocenters. The van der Waals surface area contributed by atoms with E-state index < -0.39 is 0 Å². The van der Waals surface area contributed by atoms with Gasteiger partial charge in [-0.2, -0.15) is 5.10 Å². The number of nitrogens with one attached hydrogen (secondary N) is 1. The Labute approximate surface area is 161 Å². The molecule has 3 heterocycles. The molecule has 0 saturated heterocycles. The second-order valence-electron chi connectivity index (χ2n) is 6.64. The summed E-state index contributed by atoms with van der Waals surface area (Å²) in [6.07, 6.45) is 3.26. The molecule has 0 atom stereocenters. The van der Waals surface area contributed by atoms with Crippen LogP contribution in [0.4, 0.5) is 5.69 Å². The number of amides is 1. The number of carbonyl (C=O) groups excluding carboxylic acids is 1. The molecular formula is C21H20N4O3. The Morgan fingerprint density at radius 1 is 1.21 bits per heavy atom. The maximum Gasteiger partial charge on any atom is 0.256 e. The van der Waals surface area contributed by atoms with Gasteiger partial charge in [0.15, 0.2) is 11.4 Å². The van der Waals surface area contributed by atoms with Crippen LogP contribution in [-0.4, -0.2) is 27.8 Å². The van der Waals surface area contributed by atoms with Gasteiger partial charge in [0.1, 0.15) is 11.4 Å². The second-order valence-corrected chi connectivity index (χ2v) is 6.64. The van der Waals surface area contributed by atoms with Gasteiger partial charge in [-0.1, -0.05) is 0 Å². The van der Waals surface area contributed by atoms with Crippen LogP contribution in [0, 0.1) is 0 Å². The predicted octanol–water partition coefficient (Wildman–Crippen LogP) is 4.53. The monoisotopic (exact) mass is 376 g/mol. The highest BCUT2D eigenvalue weighted by molar-refractivity contribution is 6.12. The summed E-state index contributed by atoms with van der Waals surface area (Å²) in [4.78, 5) is 17.7. The number of hydrogen-bond acceptors (Lipinski definition) is 5. The number of hydrogen-bond donors (Lipinski definition) is 1. The van der Waals surface area contributed by atoms with Gasteiger partial charge in [0, 0.05) is 11.7 Å². The molecule has 4 rings (SSSR count). The Hall–Kier alpha value is -3.61. The number of aromatic nitrogens is 3. The zero-order valence-electron chi connectivity index (χ0n) is 15.8. The van der Waals surface area contributed by atoms with Gasteiger partial charge in [0.25, 0.3) is 5.91 Å². The Bertz CT molecular complexity index is 1110. The molecule has 4 aromatic rings. The standard InChI is InChI=1S/C21H20N4O3/c1-13(2)25-20-17(12-22-25)16(11-18(24-20)19-5-4-10-28-19)21(26)23-14-6-8-15(27-3)9-7-14/h4-13H,1-3H3,(H,23,26). The average Bonchev–Trinajstić information content (AvgIpc) is 3.37. The van der Waals surface area contributed by atoms with Crippen LogP contribution in [0.15, 0.2) is 59.3 Å². The summed E-state index contributed by atoms with van der Waals surface area (Å²) in [7, 11) is 1.60. The number of benzene rings is 1. The van der Waals surface area contributed by atoms with E-state index in [0.717, 1.165) is 5.75 Å². The maximum absolute atomic E-state index is 13.0. The van der Waals surface area contributed by atoms with Crippen LogP contribution >= 0.6 is 0 Å². The first-order valence-corrected chi connectivity index (χ1v) is 8.94. The van der Waals surface area contributed by atoms with E-state index in [-0.39, 0.29) is 11.9 Å². The molecule has 0 fully saturated rings. The van der Waals surface area contributed by atoms with E-state index in [4.69, 9.17) is 9.15 Å². The second kappa shape index (κ2) is 7.19. The fourth-order valence-corrected chi connectivity index (χ4v) is 3.01. The summed E-state index contributed by atoms with van der Waals surface area (Å²) in [5.41, 5.74) is 2.38. The largest absolute Gasteiger partial charge is 0.497 e. The molecule has 7 heteroatoms. The quantitative estimate of drug-likeness (QED) is 0.553. The van der Waals surface area contributed by atoms with E-state index in [1.165, 1.54) is 0 Å². The third-order valence-electron chi connectivity index (χ3n) is 4.42. The number of fused-ring (bicyclic) bond motifs is 1. The molecule has 3 aromatic heterocycles. The van der Waals surface area contributed by atoms with Crippen molar-refractivity contribution in [2.24, 2.45) is 0 Å². The number of carbonyl (C=O) groups is 1. The van der Waals surface area contributed by atoms with Crippen molar-refractivity contribution in [1.29, 1.82) is 0 Å². The van der Waals surface area contributed by atoms with E-state index in [2.05, 4.69) is 15.4 Å². The van der Waals surface area contributed by atoms with Crippen LogP contribution in [0.3, 0.4) is 0 Å². The topological polar surface area (TPSA) is 82.2 Å². The smallest absolute Gasteiger partial charge is 0.256 e. The van der Waals surface area contributed by atoms with Gasteiger partial charge >= 0.3 is 0 Å². The van der Waals surface area contributed by atoms with Crippen molar-refractivity contribution >= 4 is 22.6 Å². The Morgan fingerprint density at radius 2 is 2.00 bits per heavy atom. The molecule has 0 radical (unpaired) electrons. The van der Waals surface area contributed by atoms with Crippen LogP contribution in [0.2, 0.25) is 0 Å². The normalized spacial score (nSPS) is 11.1. The molecule has 0 aliphatic heterocycles. The fourth-order valence-electron chi connectivity index (χ4n) is 3.01. The highest BCUT2D eigenvalue weighted by Gasteiger charge is 2.19. The number of nitrogens with zero attached hydrogens (tertiary/aromatic N) is 3. The van der Waals surface area contributed by atoms with E-state index in [1.54, 1.807) is 60.6 Å². The lowest BCUT2D eigenvalue weighted by Crippen LogP contribution is -2.13. The molecule has 142 valence electrons. The molecule has 0 spiro atoms. The van der Waals surface area contributed by atoms with Crippen molar-refractivity contribution in [2.75, 3.05) is 12.4 Å². The Kier molecular flexibility index (Phi) is 4.57. The minimum atomic E-state index is -0.242. The highest BCUT2D eigenvalue weighted by Crippen LogP contribution is 2.27. The van der Waals surface area contributed by atoms with E-state index in [1.807, 2.05) is 19.9 Å². The van der Waals surface area contributed by atoms with Crippen molar-refractivity contribution < 1.29 is 13.9 Å². The lowest BCUT2D eigenvalue weighted by atomic mass is 10.1. The first-order chi connectivity index (χ1) is 13.6. The number of pyridine rings is 1. The lowest BCUT2D eigenvalue weighted by molar-refractivity contribution is 0.102. The SMILES string of the molecule is COc1ccc(NC(=O)c2cc(-c3ccco3)nc3c2cnn3C(C)C)cc1. The van der Waals surface area contributed by atoms with Gasteiger partial charge in [-0.25, -0.2) is 9.67 Å². The summed E-state index contributed by atoms with van der Waals surface area (Å²) in [5.74, 6) is 1.08. The van der Waals surface area contributed by atoms with Crippen LogP contribution in [-0.2, 0) is 0 Å². The number of anilines is 1. The van der Waals surface area contributed by atoms with Crippen LogP contribution in [0.25, 0.3) is 22.5 Å². The fraction of sp³-hybridized carbons (Fsp3) is 0.190. The van der Waals surface area contributed by atoms with Crippen LogP contribution in [0.5, 0.6) is 5.75 Å². The van der Waals surface area contributed by atoms with Gasteiger partial charge in [-0.15, -0.1) is 0 Å². The van der Waals surface area contributed by atoms with Crippen molar-refractivity contribution in [2.45, 2.75) is 19.9 Å². The van der Waals surface area contributed by atoms with Crippen molar-refractivity contribution in [1.82, 2.24) is 14.8 Å². The summed E-state index contributed by atoms with van der Waals surface area (Å²) < 4.78 is 12.4. The van der Waals surface area contributed by atoms with Crippen molar-refractivity contribution in [3.05, 3.63) is 60.5 Å². The maximum atomic E-state index is 13.0. The zero-order chi connectivity index (χ0) is 19.7. The minimum absolute atomic E-state index is 0.106. The first kappa shape index (κ1) is 17.8. The van der Waals surface area contributed by atoms with Gasteiger partial charge < -0.3 is 14.5 Å². The van der Waals surface area contributed by atoms with E-state index >= 15 is 0 Å².